The van der Waals surface area contributed by atoms with E-state index in [0.717, 1.165) is 23.2 Å². The molecule has 1 aliphatic carbocycles. The van der Waals surface area contributed by atoms with Gasteiger partial charge in [0.15, 0.2) is 0 Å². The predicted octanol–water partition coefficient (Wildman–Crippen LogP) is 4.48. The van der Waals surface area contributed by atoms with Crippen LogP contribution in [0.1, 0.15) is 24.1 Å². The normalized spacial score (nSPS) is 14.8. The van der Waals surface area contributed by atoms with Gasteiger partial charge in [0.2, 0.25) is 0 Å². The molecule has 0 unspecified atom stereocenters. The van der Waals surface area contributed by atoms with Gasteiger partial charge in [-0.05, 0) is 24.3 Å². The largest absolute Gasteiger partial charge is 0.376 e. The van der Waals surface area contributed by atoms with Crippen molar-refractivity contribution in [2.75, 3.05) is 6.61 Å². The second kappa shape index (κ2) is 6.04. The second-order valence-corrected chi connectivity index (χ2v) is 6.02. The summed E-state index contributed by atoms with van der Waals surface area (Å²) in [7, 11) is 0. The molecule has 0 radical (unpaired) electrons. The topological polar surface area (TPSA) is 22.1 Å². The Kier molecular flexibility index (Phi) is 4.16. The summed E-state index contributed by atoms with van der Waals surface area (Å²) in [6.45, 7) is 1.56. The van der Waals surface area contributed by atoms with E-state index in [4.69, 9.17) is 16.3 Å². The van der Waals surface area contributed by atoms with Crippen LogP contribution in [0.15, 0.2) is 29.6 Å². The summed E-state index contributed by atoms with van der Waals surface area (Å²) in [5.74, 6) is 1.27. The molecule has 1 saturated carbocycles. The van der Waals surface area contributed by atoms with E-state index in [-0.39, 0.29) is 0 Å². The van der Waals surface area contributed by atoms with Crippen LogP contribution in [0, 0.1) is 5.92 Å². The van der Waals surface area contributed by atoms with E-state index in [0.29, 0.717) is 12.5 Å². The van der Waals surface area contributed by atoms with Crippen molar-refractivity contribution in [3.05, 3.63) is 40.9 Å². The van der Waals surface area contributed by atoms with Crippen molar-refractivity contribution < 1.29 is 4.74 Å². The third-order valence-corrected chi connectivity index (χ3v) is 4.44. The van der Waals surface area contributed by atoms with Gasteiger partial charge in [-0.15, -0.1) is 22.9 Å². The van der Waals surface area contributed by atoms with Crippen molar-refractivity contribution >= 4 is 22.9 Å². The molecule has 0 spiro atoms. The smallest absolute Gasteiger partial charge is 0.124 e. The Morgan fingerprint density at radius 2 is 2.16 bits per heavy atom. The van der Waals surface area contributed by atoms with E-state index in [9.17, 15) is 0 Å². The minimum Gasteiger partial charge on any atom is -0.376 e. The van der Waals surface area contributed by atoms with Gasteiger partial charge in [-0.2, -0.15) is 0 Å². The van der Waals surface area contributed by atoms with E-state index >= 15 is 0 Å². The lowest BCUT2D eigenvalue weighted by atomic mass is 10.1. The Morgan fingerprint density at radius 3 is 2.89 bits per heavy atom. The Morgan fingerprint density at radius 1 is 1.32 bits per heavy atom. The number of alkyl halides is 1. The van der Waals surface area contributed by atoms with E-state index < -0.39 is 0 Å². The van der Waals surface area contributed by atoms with E-state index in [1.807, 2.05) is 11.4 Å². The lowest BCUT2D eigenvalue weighted by Gasteiger charge is -2.07. The number of thiazole rings is 1. The van der Waals surface area contributed by atoms with E-state index in [1.165, 1.54) is 24.0 Å². The number of aromatic nitrogens is 1. The van der Waals surface area contributed by atoms with Crippen molar-refractivity contribution in [1.29, 1.82) is 0 Å². The van der Waals surface area contributed by atoms with Crippen LogP contribution in [0.3, 0.4) is 0 Å². The molecule has 0 N–H and O–H groups in total. The predicted molar refractivity (Wildman–Crippen MR) is 79.5 cm³/mol. The van der Waals surface area contributed by atoms with Crippen LogP contribution >= 0.6 is 22.9 Å². The standard InChI is InChI=1S/C15H16ClNOS/c16-7-13-10-19-15(17-13)14-4-2-1-3-12(14)9-18-8-11-5-6-11/h1-4,10-11H,5-9H2. The van der Waals surface area contributed by atoms with Crippen molar-refractivity contribution in [1.82, 2.24) is 4.98 Å². The average Bonchev–Trinajstić information content (AvgIpc) is 3.15. The van der Waals surface area contributed by atoms with Gasteiger partial charge in [0.1, 0.15) is 5.01 Å². The number of hydrogen-bond donors (Lipinski definition) is 0. The summed E-state index contributed by atoms with van der Waals surface area (Å²) < 4.78 is 5.79. The average molecular weight is 294 g/mol. The lowest BCUT2D eigenvalue weighted by molar-refractivity contribution is 0.111. The van der Waals surface area contributed by atoms with E-state index in [1.54, 1.807) is 11.3 Å². The van der Waals surface area contributed by atoms with Crippen molar-refractivity contribution in [3.8, 4) is 10.6 Å². The van der Waals surface area contributed by atoms with Gasteiger partial charge in [0.05, 0.1) is 18.2 Å². The van der Waals surface area contributed by atoms with Gasteiger partial charge < -0.3 is 4.74 Å². The molecule has 2 nitrogen and oxygen atoms in total. The van der Waals surface area contributed by atoms with Crippen molar-refractivity contribution in [2.45, 2.75) is 25.3 Å². The highest BCUT2D eigenvalue weighted by atomic mass is 35.5. The van der Waals surface area contributed by atoms with Crippen LogP contribution in [-0.2, 0) is 17.2 Å². The maximum Gasteiger partial charge on any atom is 0.124 e. The number of nitrogens with zero attached hydrogens (tertiary/aromatic N) is 1. The Bertz CT molecular complexity index is 551. The molecule has 0 saturated heterocycles. The minimum absolute atomic E-state index is 0.469. The molecule has 1 aromatic heterocycles. The molecule has 1 heterocycles. The Hall–Kier alpha value is -0.900. The Balaban J connectivity index is 1.75. The molecule has 0 aliphatic heterocycles. The first kappa shape index (κ1) is 13.1. The summed E-state index contributed by atoms with van der Waals surface area (Å²) in [6.07, 6.45) is 2.65. The number of hydrogen-bond acceptors (Lipinski definition) is 3. The molecule has 3 rings (SSSR count). The molecule has 19 heavy (non-hydrogen) atoms. The van der Waals surface area contributed by atoms with Crippen LogP contribution in [0.2, 0.25) is 0 Å². The van der Waals surface area contributed by atoms with Crippen LogP contribution < -0.4 is 0 Å². The van der Waals surface area contributed by atoms with Crippen molar-refractivity contribution in [2.24, 2.45) is 5.92 Å². The Labute approximate surface area is 122 Å². The van der Waals surface area contributed by atoms with Crippen LogP contribution in [0.5, 0.6) is 0 Å². The highest BCUT2D eigenvalue weighted by Crippen LogP contribution is 2.31. The molecule has 1 fully saturated rings. The first-order valence-electron chi connectivity index (χ1n) is 6.53. The maximum atomic E-state index is 5.81. The molecule has 100 valence electrons. The van der Waals surface area contributed by atoms with Gasteiger partial charge in [-0.25, -0.2) is 4.98 Å². The molecular formula is C15H16ClNOS. The quantitative estimate of drug-likeness (QED) is 0.733. The monoisotopic (exact) mass is 293 g/mol. The summed E-state index contributed by atoms with van der Waals surface area (Å²) in [4.78, 5) is 4.55. The molecule has 0 amide bonds. The molecule has 1 aliphatic rings. The summed E-state index contributed by atoms with van der Waals surface area (Å²) in [6, 6.07) is 8.31. The second-order valence-electron chi connectivity index (χ2n) is 4.89. The van der Waals surface area contributed by atoms with Gasteiger partial charge >= 0.3 is 0 Å². The van der Waals surface area contributed by atoms with Crippen LogP contribution in [0.25, 0.3) is 10.6 Å². The van der Waals surface area contributed by atoms with Crippen molar-refractivity contribution in [3.63, 3.8) is 0 Å². The zero-order valence-electron chi connectivity index (χ0n) is 10.6. The first-order valence-corrected chi connectivity index (χ1v) is 7.94. The molecule has 0 bridgehead atoms. The fourth-order valence-electron chi connectivity index (χ4n) is 1.97. The number of benzene rings is 1. The van der Waals surface area contributed by atoms with Gasteiger partial charge in [0, 0.05) is 17.6 Å². The SMILES string of the molecule is ClCc1csc(-c2ccccc2COCC2CC2)n1. The number of ether oxygens (including phenoxy) is 1. The fraction of sp³-hybridized carbons (Fsp3) is 0.400. The van der Waals surface area contributed by atoms with Crippen LogP contribution in [0.4, 0.5) is 0 Å². The minimum atomic E-state index is 0.469. The third-order valence-electron chi connectivity index (χ3n) is 3.24. The highest BCUT2D eigenvalue weighted by molar-refractivity contribution is 7.13. The fourth-order valence-corrected chi connectivity index (χ4v) is 3.08. The molecular weight excluding hydrogens is 278 g/mol. The first-order chi connectivity index (χ1) is 9.36. The third kappa shape index (κ3) is 3.35. The van der Waals surface area contributed by atoms with Crippen LogP contribution in [-0.4, -0.2) is 11.6 Å². The zero-order chi connectivity index (χ0) is 13.1. The molecule has 0 atom stereocenters. The maximum absolute atomic E-state index is 5.81. The number of rotatable bonds is 6. The lowest BCUT2D eigenvalue weighted by Crippen LogP contribution is -1.98. The summed E-state index contributed by atoms with van der Waals surface area (Å²) in [5, 5.41) is 3.05. The number of halogens is 1. The van der Waals surface area contributed by atoms with E-state index in [2.05, 4.69) is 23.2 Å². The van der Waals surface area contributed by atoms with Gasteiger partial charge in [0.25, 0.3) is 0 Å². The highest BCUT2D eigenvalue weighted by Gasteiger charge is 2.21. The molecule has 2 aromatic rings. The van der Waals surface area contributed by atoms with Gasteiger partial charge in [-0.1, -0.05) is 24.3 Å². The summed E-state index contributed by atoms with van der Waals surface area (Å²) in [5.41, 5.74) is 3.31. The molecule has 4 heteroatoms. The zero-order valence-corrected chi connectivity index (χ0v) is 12.2. The van der Waals surface area contributed by atoms with Gasteiger partial charge in [-0.3, -0.25) is 0 Å². The molecule has 1 aromatic carbocycles. The summed E-state index contributed by atoms with van der Waals surface area (Å²) >= 11 is 7.45.